The first kappa shape index (κ1) is 18.7. The standard InChI is InChI=1S/C14H14O.6FH.Sb/c1-15-14-9-7-13(8-10-14)11-12-5-3-2-4-6-12;;;;;;;/h2-10H,11H2,1H3;6*1H;/q;;;;;;;+5/p-5. The summed E-state index contributed by atoms with van der Waals surface area (Å²) < 4.78 is 64.7. The largest absolute Gasteiger partial charge is 1.00 e. The van der Waals surface area contributed by atoms with Gasteiger partial charge in [0, 0.05) is 0 Å². The van der Waals surface area contributed by atoms with Gasteiger partial charge in [0.15, 0.2) is 0 Å². The van der Waals surface area contributed by atoms with Crippen LogP contribution < -0.4 is 4.74 Å². The zero-order chi connectivity index (χ0) is 16.9. The van der Waals surface area contributed by atoms with E-state index in [1.807, 2.05) is 18.2 Å². The number of ether oxygens (including phenoxy) is 1. The van der Waals surface area contributed by atoms with Crippen LogP contribution in [0.15, 0.2) is 54.6 Å². The van der Waals surface area contributed by atoms with Crippen LogP contribution in [0.2, 0.25) is 0 Å². The number of halogens is 6. The van der Waals surface area contributed by atoms with Crippen molar-refractivity contribution in [3.63, 3.8) is 0 Å². The van der Waals surface area contributed by atoms with Crippen molar-refractivity contribution in [1.29, 1.82) is 0 Å². The van der Waals surface area contributed by atoms with Gasteiger partial charge >= 0.3 is 37.8 Å². The predicted octanol–water partition coefficient (Wildman–Crippen LogP) is 5.54. The first-order chi connectivity index (χ1) is 9.83. The summed E-state index contributed by atoms with van der Waals surface area (Å²) in [6, 6.07) is 18.7. The molecular formula is C14H15F6OSb. The van der Waals surface area contributed by atoms with Gasteiger partial charge in [-0.2, -0.15) is 0 Å². The fourth-order valence-electron chi connectivity index (χ4n) is 1.57. The zero-order valence-electron chi connectivity index (χ0n) is 12.5. The molecule has 0 aromatic heterocycles. The van der Waals surface area contributed by atoms with E-state index in [1.54, 1.807) is 7.11 Å². The fraction of sp³-hybridized carbons (Fsp3) is 0.143. The summed E-state index contributed by atoms with van der Waals surface area (Å²) in [6.45, 7) is 0. The minimum Gasteiger partial charge on any atom is 1.00 e. The molecule has 0 aliphatic carbocycles. The van der Waals surface area contributed by atoms with Gasteiger partial charge in [0.25, 0.3) is 0 Å². The van der Waals surface area contributed by atoms with Crippen LogP contribution in [0.5, 0.6) is 5.75 Å². The van der Waals surface area contributed by atoms with Gasteiger partial charge in [-0.3, -0.25) is 0 Å². The Morgan fingerprint density at radius 2 is 1.18 bits per heavy atom. The van der Waals surface area contributed by atoms with E-state index in [-0.39, 0.29) is 1.43 Å². The van der Waals surface area contributed by atoms with Gasteiger partial charge in [0.05, 0.1) is 7.11 Å². The Labute approximate surface area is 127 Å². The van der Waals surface area contributed by atoms with Crippen LogP contribution in [0.3, 0.4) is 0 Å². The first-order valence-corrected chi connectivity index (χ1v) is 11.9. The second-order valence-electron chi connectivity index (χ2n) is 4.47. The fourth-order valence-corrected chi connectivity index (χ4v) is 1.57. The maximum Gasteiger partial charge on any atom is 1.00 e. The Morgan fingerprint density at radius 3 is 1.59 bits per heavy atom. The van der Waals surface area contributed by atoms with Crippen LogP contribution in [-0.2, 0) is 6.42 Å². The molecule has 2 rings (SSSR count). The minimum atomic E-state index is -11.2. The Morgan fingerprint density at radius 1 is 0.773 bits per heavy atom. The van der Waals surface area contributed by atoms with E-state index in [4.69, 9.17) is 4.74 Å². The zero-order valence-corrected chi connectivity index (χ0v) is 14.1. The molecule has 0 spiro atoms. The van der Waals surface area contributed by atoms with Crippen LogP contribution in [0.1, 0.15) is 12.6 Å². The average Bonchev–Trinajstić information content (AvgIpc) is 2.37. The molecular weight excluding hydrogens is 420 g/mol. The van der Waals surface area contributed by atoms with Gasteiger partial charge in [0.2, 0.25) is 0 Å². The van der Waals surface area contributed by atoms with Crippen molar-refractivity contribution in [1.82, 2.24) is 0 Å². The third kappa shape index (κ3) is 11.3. The number of rotatable bonds is 3. The quantitative estimate of drug-likeness (QED) is 0.455. The number of benzene rings is 2. The van der Waals surface area contributed by atoms with Gasteiger partial charge in [-0.15, -0.1) is 0 Å². The van der Waals surface area contributed by atoms with E-state index in [0.717, 1.165) is 12.2 Å². The summed E-state index contributed by atoms with van der Waals surface area (Å²) in [5, 5.41) is 0. The van der Waals surface area contributed by atoms with E-state index in [1.165, 1.54) is 11.1 Å². The van der Waals surface area contributed by atoms with Crippen LogP contribution >= 0.6 is 0 Å². The van der Waals surface area contributed by atoms with Gasteiger partial charge in [0.1, 0.15) is 5.75 Å². The molecule has 2 aromatic carbocycles. The molecule has 124 valence electrons. The molecule has 0 aliphatic heterocycles. The molecule has 2 aromatic rings. The predicted molar refractivity (Wildman–Crippen MR) is 75.8 cm³/mol. The normalized spacial score (nSPS) is 14.1. The second kappa shape index (κ2) is 6.03. The van der Waals surface area contributed by atoms with Crippen LogP contribution in [0.25, 0.3) is 0 Å². The van der Waals surface area contributed by atoms with Crippen LogP contribution in [-0.4, -0.2) is 26.6 Å². The summed E-state index contributed by atoms with van der Waals surface area (Å²) in [7, 11) is 1.69. The van der Waals surface area contributed by atoms with Crippen molar-refractivity contribution in [3.8, 4) is 5.75 Å². The van der Waals surface area contributed by atoms with Crippen molar-refractivity contribution in [2.24, 2.45) is 0 Å². The summed E-state index contributed by atoms with van der Waals surface area (Å²) >= 11 is -11.2. The number of hydrogen-bond acceptors (Lipinski definition) is 1. The molecule has 0 fully saturated rings. The van der Waals surface area contributed by atoms with Gasteiger partial charge < -0.3 is 4.74 Å². The Bertz CT molecular complexity index is 587. The molecule has 0 heterocycles. The van der Waals surface area contributed by atoms with Crippen molar-refractivity contribution in [3.05, 3.63) is 65.7 Å². The van der Waals surface area contributed by atoms with Crippen molar-refractivity contribution in [2.75, 3.05) is 7.11 Å². The Kier molecular flexibility index (Phi) is 5.12. The second-order valence-corrected chi connectivity index (χ2v) is 9.94. The Balaban J connectivity index is 0.000000522. The minimum absolute atomic E-state index is 0. The molecule has 0 N–H and O–H groups in total. The van der Waals surface area contributed by atoms with Crippen molar-refractivity contribution >= 4 is 19.5 Å². The summed E-state index contributed by atoms with van der Waals surface area (Å²) in [5.41, 5.74) is 2.64. The Hall–Kier alpha value is -1.36. The average molecular weight is 435 g/mol. The maximum absolute atomic E-state index is 11.2. The summed E-state index contributed by atoms with van der Waals surface area (Å²) in [6.07, 6.45) is 0.977. The molecule has 0 atom stereocenters. The van der Waals surface area contributed by atoms with E-state index in [9.17, 15) is 16.9 Å². The maximum atomic E-state index is 9.93. The number of methoxy groups -OCH3 is 1. The molecule has 8 heteroatoms. The van der Waals surface area contributed by atoms with Crippen LogP contribution in [0.4, 0.5) is 16.9 Å². The molecule has 0 aliphatic rings. The van der Waals surface area contributed by atoms with Crippen molar-refractivity contribution in [2.45, 2.75) is 6.42 Å². The van der Waals surface area contributed by atoms with E-state index >= 15 is 0 Å². The molecule has 0 unspecified atom stereocenters. The van der Waals surface area contributed by atoms with Gasteiger partial charge in [-0.05, 0) is 29.7 Å². The molecule has 0 radical (unpaired) electrons. The van der Waals surface area contributed by atoms with E-state index in [2.05, 4.69) is 36.4 Å². The van der Waals surface area contributed by atoms with Crippen LogP contribution in [0, 0.1) is 0 Å². The molecule has 0 saturated carbocycles. The first-order valence-electron chi connectivity index (χ1n) is 6.07. The monoisotopic (exact) mass is 434 g/mol. The molecule has 0 bridgehead atoms. The molecule has 22 heavy (non-hydrogen) atoms. The van der Waals surface area contributed by atoms with Gasteiger partial charge in [-0.1, -0.05) is 42.5 Å². The SMILES string of the molecule is COc1ccc(Cc2ccccc2)cc1.[F][Sb-]([F])([F])([F])([F])[F].[H+]. The molecule has 1 nitrogen and oxygen atoms in total. The topological polar surface area (TPSA) is 9.23 Å². The molecule has 0 saturated heterocycles. The van der Waals surface area contributed by atoms with Crippen molar-refractivity contribution < 1.29 is 23.0 Å². The van der Waals surface area contributed by atoms with Gasteiger partial charge in [-0.25, -0.2) is 0 Å². The molecule has 0 amide bonds. The third-order valence-corrected chi connectivity index (χ3v) is 2.41. The summed E-state index contributed by atoms with van der Waals surface area (Å²) in [5.74, 6) is 0.909. The number of hydrogen-bond donors (Lipinski definition) is 0. The third-order valence-electron chi connectivity index (χ3n) is 2.41. The van der Waals surface area contributed by atoms with E-state index < -0.39 is 19.5 Å². The smallest absolute Gasteiger partial charge is 1.00 e. The van der Waals surface area contributed by atoms with E-state index in [0.29, 0.717) is 0 Å². The summed E-state index contributed by atoms with van der Waals surface area (Å²) in [4.78, 5) is 0.